The number of hydrogen-bond acceptors (Lipinski definition) is 6. The number of nitrogens with zero attached hydrogens (tertiary/aromatic N) is 6. The molecule has 4 rings (SSSR count). The van der Waals surface area contributed by atoms with E-state index in [-0.39, 0.29) is 11.8 Å². The Kier molecular flexibility index (Phi) is 5.11. The molecule has 9 nitrogen and oxygen atoms in total. The summed E-state index contributed by atoms with van der Waals surface area (Å²) in [5.74, 6) is 0.0339. The standard InChI is InChI=1S/C20H23N7O2/c1-4-26-9-6-16(24-26)17-10-15(18-14(3)25-29-20(18)23-17)19(28)21-11-13(2)12-27-8-5-7-22-27/h5-10,13H,4,11-12H2,1-3H3,(H,21,28). The average molecular weight is 393 g/mol. The second kappa shape index (κ2) is 7.86. The van der Waals surface area contributed by atoms with E-state index in [0.717, 1.165) is 13.1 Å². The minimum atomic E-state index is -0.188. The first-order valence-electron chi connectivity index (χ1n) is 9.61. The summed E-state index contributed by atoms with van der Waals surface area (Å²) in [4.78, 5) is 17.5. The SMILES string of the molecule is CCn1ccc(-c2cc(C(=O)NCC(C)Cn3cccn3)c3c(C)noc3n2)n1. The summed E-state index contributed by atoms with van der Waals surface area (Å²) < 4.78 is 9.01. The van der Waals surface area contributed by atoms with Gasteiger partial charge in [-0.25, -0.2) is 4.98 Å². The van der Waals surface area contributed by atoms with E-state index < -0.39 is 0 Å². The van der Waals surface area contributed by atoms with Crippen LogP contribution in [0.1, 0.15) is 29.9 Å². The van der Waals surface area contributed by atoms with Gasteiger partial charge in [-0.3, -0.25) is 14.2 Å². The van der Waals surface area contributed by atoms with Crippen LogP contribution in [0.3, 0.4) is 0 Å². The Morgan fingerprint density at radius 3 is 2.86 bits per heavy atom. The number of carbonyl (C=O) groups is 1. The second-order valence-corrected chi connectivity index (χ2v) is 7.10. The van der Waals surface area contributed by atoms with Gasteiger partial charge in [0, 0.05) is 38.2 Å². The fourth-order valence-electron chi connectivity index (χ4n) is 3.23. The molecule has 0 aliphatic rings. The maximum absolute atomic E-state index is 13.0. The third kappa shape index (κ3) is 3.89. The minimum Gasteiger partial charge on any atom is -0.352 e. The van der Waals surface area contributed by atoms with Crippen molar-refractivity contribution in [1.29, 1.82) is 0 Å². The molecular weight excluding hydrogens is 370 g/mol. The van der Waals surface area contributed by atoms with Crippen LogP contribution < -0.4 is 5.32 Å². The molecule has 0 spiro atoms. The maximum Gasteiger partial charge on any atom is 0.259 e. The molecule has 0 aliphatic heterocycles. The topological polar surface area (TPSA) is 104 Å². The van der Waals surface area contributed by atoms with Gasteiger partial charge in [-0.15, -0.1) is 0 Å². The Balaban J connectivity index is 1.59. The number of nitrogens with one attached hydrogen (secondary N) is 1. The molecule has 4 heterocycles. The second-order valence-electron chi connectivity index (χ2n) is 7.10. The smallest absolute Gasteiger partial charge is 0.259 e. The summed E-state index contributed by atoms with van der Waals surface area (Å²) in [6.45, 7) is 7.88. The first-order chi connectivity index (χ1) is 14.0. The first-order valence-corrected chi connectivity index (χ1v) is 9.61. The first kappa shape index (κ1) is 18.9. The zero-order valence-electron chi connectivity index (χ0n) is 16.7. The molecule has 1 amide bonds. The predicted molar refractivity (Wildman–Crippen MR) is 107 cm³/mol. The van der Waals surface area contributed by atoms with E-state index in [0.29, 0.717) is 40.3 Å². The molecule has 4 aromatic rings. The van der Waals surface area contributed by atoms with Gasteiger partial charge in [-0.2, -0.15) is 10.2 Å². The van der Waals surface area contributed by atoms with Crippen LogP contribution in [-0.4, -0.2) is 42.2 Å². The minimum absolute atomic E-state index is 0.188. The van der Waals surface area contributed by atoms with Gasteiger partial charge in [0.05, 0.1) is 22.3 Å². The van der Waals surface area contributed by atoms with E-state index in [1.165, 1.54) is 0 Å². The number of aryl methyl sites for hydroxylation is 2. The van der Waals surface area contributed by atoms with Gasteiger partial charge in [0.15, 0.2) is 0 Å². The quantitative estimate of drug-likeness (QED) is 0.518. The molecule has 1 unspecified atom stereocenters. The Hall–Kier alpha value is -3.49. The van der Waals surface area contributed by atoms with Gasteiger partial charge in [0.25, 0.3) is 11.6 Å². The van der Waals surface area contributed by atoms with Gasteiger partial charge in [0.2, 0.25) is 0 Å². The van der Waals surface area contributed by atoms with Crippen molar-refractivity contribution in [2.45, 2.75) is 33.9 Å². The summed E-state index contributed by atoms with van der Waals surface area (Å²) in [7, 11) is 0. The lowest BCUT2D eigenvalue weighted by Gasteiger charge is -2.13. The maximum atomic E-state index is 13.0. The van der Waals surface area contributed by atoms with Crippen molar-refractivity contribution in [1.82, 2.24) is 35.0 Å². The normalized spacial score (nSPS) is 12.4. The van der Waals surface area contributed by atoms with Crippen molar-refractivity contribution < 1.29 is 9.32 Å². The molecule has 29 heavy (non-hydrogen) atoms. The van der Waals surface area contributed by atoms with Gasteiger partial charge >= 0.3 is 0 Å². The highest BCUT2D eigenvalue weighted by Gasteiger charge is 2.20. The van der Waals surface area contributed by atoms with Gasteiger partial charge < -0.3 is 9.84 Å². The number of rotatable bonds is 7. The molecule has 1 atom stereocenters. The van der Waals surface area contributed by atoms with E-state index in [4.69, 9.17) is 4.52 Å². The molecule has 9 heteroatoms. The molecule has 0 fully saturated rings. The van der Waals surface area contributed by atoms with Crippen LogP contribution in [0, 0.1) is 12.8 Å². The van der Waals surface area contributed by atoms with E-state index in [2.05, 4.69) is 32.6 Å². The number of hydrogen-bond donors (Lipinski definition) is 1. The van der Waals surface area contributed by atoms with E-state index in [1.807, 2.05) is 40.8 Å². The number of amides is 1. The molecule has 4 aromatic heterocycles. The monoisotopic (exact) mass is 393 g/mol. The summed E-state index contributed by atoms with van der Waals surface area (Å²) in [6.07, 6.45) is 5.53. The fourth-order valence-corrected chi connectivity index (χ4v) is 3.23. The van der Waals surface area contributed by atoms with Crippen molar-refractivity contribution in [2.75, 3.05) is 6.54 Å². The van der Waals surface area contributed by atoms with Crippen molar-refractivity contribution in [3.8, 4) is 11.4 Å². The molecule has 150 valence electrons. The zero-order chi connectivity index (χ0) is 20.4. The van der Waals surface area contributed by atoms with Crippen LogP contribution in [0.2, 0.25) is 0 Å². The number of pyridine rings is 1. The van der Waals surface area contributed by atoms with E-state index in [9.17, 15) is 4.79 Å². The van der Waals surface area contributed by atoms with Gasteiger partial charge in [-0.1, -0.05) is 12.1 Å². The largest absolute Gasteiger partial charge is 0.352 e. The summed E-state index contributed by atoms with van der Waals surface area (Å²) >= 11 is 0. The van der Waals surface area contributed by atoms with Crippen molar-refractivity contribution >= 4 is 17.0 Å². The summed E-state index contributed by atoms with van der Waals surface area (Å²) in [5.41, 5.74) is 2.72. The van der Waals surface area contributed by atoms with Crippen LogP contribution in [-0.2, 0) is 13.1 Å². The van der Waals surface area contributed by atoms with E-state index in [1.54, 1.807) is 19.2 Å². The third-order valence-corrected chi connectivity index (χ3v) is 4.76. The molecule has 0 saturated carbocycles. The van der Waals surface area contributed by atoms with Crippen LogP contribution >= 0.6 is 0 Å². The lowest BCUT2D eigenvalue weighted by Crippen LogP contribution is -2.30. The van der Waals surface area contributed by atoms with Crippen LogP contribution in [0.25, 0.3) is 22.5 Å². The zero-order valence-corrected chi connectivity index (χ0v) is 16.7. The highest BCUT2D eigenvalue weighted by atomic mass is 16.5. The average Bonchev–Trinajstić information content (AvgIpc) is 3.47. The predicted octanol–water partition coefficient (Wildman–Crippen LogP) is 2.68. The Bertz CT molecular complexity index is 1130. The lowest BCUT2D eigenvalue weighted by molar-refractivity contribution is 0.0948. The number of fused-ring (bicyclic) bond motifs is 1. The van der Waals surface area contributed by atoms with Crippen molar-refractivity contribution in [3.63, 3.8) is 0 Å². The van der Waals surface area contributed by atoms with Gasteiger partial charge in [0.1, 0.15) is 5.69 Å². The van der Waals surface area contributed by atoms with Crippen LogP contribution in [0.4, 0.5) is 0 Å². The van der Waals surface area contributed by atoms with Crippen molar-refractivity contribution in [2.24, 2.45) is 5.92 Å². The molecule has 0 bridgehead atoms. The summed E-state index contributed by atoms with van der Waals surface area (Å²) in [5, 5.41) is 16.3. The van der Waals surface area contributed by atoms with Gasteiger partial charge in [-0.05, 0) is 38.0 Å². The highest BCUT2D eigenvalue weighted by Crippen LogP contribution is 2.26. The number of carbonyl (C=O) groups excluding carboxylic acids is 1. The van der Waals surface area contributed by atoms with E-state index >= 15 is 0 Å². The van der Waals surface area contributed by atoms with Crippen LogP contribution in [0.15, 0.2) is 41.3 Å². The van der Waals surface area contributed by atoms with Crippen molar-refractivity contribution in [3.05, 3.63) is 48.0 Å². The Morgan fingerprint density at radius 2 is 2.14 bits per heavy atom. The molecule has 0 aromatic carbocycles. The fraction of sp³-hybridized carbons (Fsp3) is 0.350. The molecule has 0 aliphatic carbocycles. The Morgan fingerprint density at radius 1 is 1.28 bits per heavy atom. The lowest BCUT2D eigenvalue weighted by atomic mass is 10.1. The number of aromatic nitrogens is 6. The molecule has 1 N–H and O–H groups in total. The Labute approximate surface area is 167 Å². The van der Waals surface area contributed by atoms with Crippen LogP contribution in [0.5, 0.6) is 0 Å². The highest BCUT2D eigenvalue weighted by molar-refractivity contribution is 6.06. The summed E-state index contributed by atoms with van der Waals surface area (Å²) in [6, 6.07) is 5.51. The molecule has 0 saturated heterocycles. The third-order valence-electron chi connectivity index (χ3n) is 4.76. The molecular formula is C20H23N7O2. The molecule has 0 radical (unpaired) electrons.